The normalized spacial score (nSPS) is 10.2. The predicted molar refractivity (Wildman–Crippen MR) is 53.5 cm³/mol. The maximum Gasteiger partial charge on any atom is 0.491 e. The van der Waals surface area contributed by atoms with Gasteiger partial charge in [0.15, 0.2) is 5.82 Å². The SMILES string of the molecule is O=[N+]([O-])c1ncn(-c2ccc(Br)cn2)n1. The second kappa shape index (κ2) is 3.73. The number of halogens is 1. The quantitative estimate of drug-likeness (QED) is 0.606. The highest BCUT2D eigenvalue weighted by molar-refractivity contribution is 9.10. The lowest BCUT2D eigenvalue weighted by Gasteiger charge is -1.94. The number of rotatable bonds is 2. The van der Waals surface area contributed by atoms with Crippen LogP contribution in [0, 0.1) is 10.1 Å². The van der Waals surface area contributed by atoms with E-state index in [1.165, 1.54) is 11.0 Å². The molecule has 2 aromatic rings. The molecule has 0 saturated carbocycles. The fourth-order valence-corrected chi connectivity index (χ4v) is 1.19. The summed E-state index contributed by atoms with van der Waals surface area (Å²) in [7, 11) is 0. The zero-order valence-electron chi connectivity index (χ0n) is 7.24. The summed E-state index contributed by atoms with van der Waals surface area (Å²) in [6, 6.07) is 3.43. The second-order valence-electron chi connectivity index (χ2n) is 2.58. The molecule has 0 fully saturated rings. The molecule has 2 aromatic heterocycles. The number of pyridine rings is 1. The number of hydrogen-bond acceptors (Lipinski definition) is 5. The minimum Gasteiger partial charge on any atom is -0.390 e. The Morgan fingerprint density at radius 2 is 2.20 bits per heavy atom. The van der Waals surface area contributed by atoms with Crippen molar-refractivity contribution in [1.82, 2.24) is 19.7 Å². The number of aromatic nitrogens is 4. The van der Waals surface area contributed by atoms with E-state index in [4.69, 9.17) is 0 Å². The summed E-state index contributed by atoms with van der Waals surface area (Å²) >= 11 is 3.23. The third-order valence-electron chi connectivity index (χ3n) is 1.59. The molecule has 0 aromatic carbocycles. The second-order valence-corrected chi connectivity index (χ2v) is 3.50. The first-order chi connectivity index (χ1) is 7.16. The maximum atomic E-state index is 10.3. The molecule has 0 aliphatic carbocycles. The van der Waals surface area contributed by atoms with E-state index < -0.39 is 10.9 Å². The molecule has 0 aliphatic heterocycles. The summed E-state index contributed by atoms with van der Waals surface area (Å²) in [5.41, 5.74) is 0. The summed E-state index contributed by atoms with van der Waals surface area (Å²) in [6.45, 7) is 0. The monoisotopic (exact) mass is 269 g/mol. The molecular formula is C7H4BrN5O2. The Bertz CT molecular complexity index is 494. The standard InChI is InChI=1S/C7H4BrN5O2/c8-5-1-2-6(9-3-5)12-4-10-7(11-12)13(14)15/h1-4H. The first-order valence-electron chi connectivity index (χ1n) is 3.85. The number of nitrogens with zero attached hydrogens (tertiary/aromatic N) is 5. The molecule has 0 radical (unpaired) electrons. The van der Waals surface area contributed by atoms with Gasteiger partial charge in [-0.3, -0.25) is 0 Å². The zero-order valence-corrected chi connectivity index (χ0v) is 8.83. The van der Waals surface area contributed by atoms with Crippen LogP contribution < -0.4 is 0 Å². The van der Waals surface area contributed by atoms with Gasteiger partial charge in [-0.25, -0.2) is 4.98 Å². The van der Waals surface area contributed by atoms with Crippen molar-refractivity contribution in [2.45, 2.75) is 0 Å². The van der Waals surface area contributed by atoms with E-state index in [1.807, 2.05) is 0 Å². The van der Waals surface area contributed by atoms with E-state index in [9.17, 15) is 10.1 Å². The summed E-state index contributed by atoms with van der Waals surface area (Å²) < 4.78 is 2.06. The van der Waals surface area contributed by atoms with Gasteiger partial charge in [0.1, 0.15) is 0 Å². The van der Waals surface area contributed by atoms with Crippen molar-refractivity contribution in [3.8, 4) is 5.82 Å². The number of nitro groups is 1. The molecule has 7 nitrogen and oxygen atoms in total. The van der Waals surface area contributed by atoms with Crippen LogP contribution in [0.5, 0.6) is 0 Å². The summed E-state index contributed by atoms with van der Waals surface area (Å²) in [5.74, 6) is 0.0264. The summed E-state index contributed by atoms with van der Waals surface area (Å²) in [6.07, 6.45) is 2.82. The highest BCUT2D eigenvalue weighted by atomic mass is 79.9. The molecule has 0 N–H and O–H groups in total. The lowest BCUT2D eigenvalue weighted by molar-refractivity contribution is -0.394. The van der Waals surface area contributed by atoms with Crippen LogP contribution in [0.2, 0.25) is 0 Å². The van der Waals surface area contributed by atoms with Gasteiger partial charge in [0, 0.05) is 15.8 Å². The molecule has 0 amide bonds. The van der Waals surface area contributed by atoms with Crippen molar-refractivity contribution in [1.29, 1.82) is 0 Å². The Hall–Kier alpha value is -1.83. The van der Waals surface area contributed by atoms with E-state index in [0.717, 1.165) is 4.47 Å². The van der Waals surface area contributed by atoms with Crippen LogP contribution in [0.3, 0.4) is 0 Å². The minimum absolute atomic E-state index is 0.445. The molecule has 0 unspecified atom stereocenters. The van der Waals surface area contributed by atoms with Gasteiger partial charge in [-0.2, -0.15) is 0 Å². The first kappa shape index (κ1) is 9.71. The average Bonchev–Trinajstić information content (AvgIpc) is 2.68. The summed E-state index contributed by atoms with van der Waals surface area (Å²) in [4.78, 5) is 17.2. The van der Waals surface area contributed by atoms with Crippen molar-refractivity contribution in [3.63, 3.8) is 0 Å². The van der Waals surface area contributed by atoms with Gasteiger partial charge in [0.25, 0.3) is 0 Å². The van der Waals surface area contributed by atoms with E-state index in [2.05, 4.69) is 31.0 Å². The van der Waals surface area contributed by atoms with Gasteiger partial charge in [0.05, 0.1) is 0 Å². The fraction of sp³-hybridized carbons (Fsp3) is 0. The van der Waals surface area contributed by atoms with Crippen LogP contribution in [0.4, 0.5) is 5.95 Å². The summed E-state index contributed by atoms with van der Waals surface area (Å²) in [5, 5.41) is 14.0. The van der Waals surface area contributed by atoms with Crippen molar-refractivity contribution >= 4 is 21.9 Å². The Balaban J connectivity index is 2.37. The minimum atomic E-state index is -0.657. The van der Waals surface area contributed by atoms with Gasteiger partial charge in [0.2, 0.25) is 6.33 Å². The Kier molecular flexibility index (Phi) is 2.42. The van der Waals surface area contributed by atoms with Crippen LogP contribution in [-0.2, 0) is 0 Å². The van der Waals surface area contributed by atoms with Crippen LogP contribution >= 0.6 is 15.9 Å². The average molecular weight is 270 g/mol. The van der Waals surface area contributed by atoms with Crippen LogP contribution in [0.15, 0.2) is 29.1 Å². The molecule has 15 heavy (non-hydrogen) atoms. The van der Waals surface area contributed by atoms with Crippen molar-refractivity contribution in [2.75, 3.05) is 0 Å². The van der Waals surface area contributed by atoms with Crippen LogP contribution in [0.25, 0.3) is 5.82 Å². The van der Waals surface area contributed by atoms with E-state index >= 15 is 0 Å². The molecule has 0 aliphatic rings. The van der Waals surface area contributed by atoms with E-state index in [1.54, 1.807) is 18.3 Å². The fourth-order valence-electron chi connectivity index (χ4n) is 0.952. The lowest BCUT2D eigenvalue weighted by atomic mass is 10.5. The molecular weight excluding hydrogens is 266 g/mol. The van der Waals surface area contributed by atoms with Crippen LogP contribution in [0.1, 0.15) is 0 Å². The Labute approximate surface area is 92.1 Å². The molecule has 76 valence electrons. The molecule has 2 heterocycles. The van der Waals surface area contributed by atoms with Gasteiger partial charge >= 0.3 is 5.95 Å². The third-order valence-corrected chi connectivity index (χ3v) is 2.06. The molecule has 0 atom stereocenters. The smallest absolute Gasteiger partial charge is 0.390 e. The van der Waals surface area contributed by atoms with Gasteiger partial charge in [-0.1, -0.05) is 4.98 Å². The van der Waals surface area contributed by atoms with Crippen molar-refractivity contribution < 1.29 is 4.92 Å². The Morgan fingerprint density at radius 3 is 2.73 bits per heavy atom. The van der Waals surface area contributed by atoms with Gasteiger partial charge in [-0.05, 0) is 33.0 Å². The molecule has 2 rings (SSSR count). The van der Waals surface area contributed by atoms with E-state index in [-0.39, 0.29) is 0 Å². The highest BCUT2D eigenvalue weighted by Crippen LogP contribution is 2.10. The Morgan fingerprint density at radius 1 is 1.40 bits per heavy atom. The van der Waals surface area contributed by atoms with Gasteiger partial charge in [-0.15, -0.1) is 4.68 Å². The molecule has 8 heteroatoms. The molecule has 0 bridgehead atoms. The first-order valence-corrected chi connectivity index (χ1v) is 4.64. The maximum absolute atomic E-state index is 10.3. The third kappa shape index (κ3) is 1.99. The van der Waals surface area contributed by atoms with E-state index in [0.29, 0.717) is 5.82 Å². The van der Waals surface area contributed by atoms with Gasteiger partial charge < -0.3 is 10.1 Å². The molecule has 0 spiro atoms. The number of hydrogen-bond donors (Lipinski definition) is 0. The van der Waals surface area contributed by atoms with Crippen molar-refractivity contribution in [3.05, 3.63) is 39.2 Å². The lowest BCUT2D eigenvalue weighted by Crippen LogP contribution is -1.98. The van der Waals surface area contributed by atoms with Crippen molar-refractivity contribution in [2.24, 2.45) is 0 Å². The topological polar surface area (TPSA) is 86.7 Å². The zero-order chi connectivity index (χ0) is 10.8. The largest absolute Gasteiger partial charge is 0.491 e. The van der Waals surface area contributed by atoms with Crippen LogP contribution in [-0.4, -0.2) is 24.7 Å². The molecule has 0 saturated heterocycles. The highest BCUT2D eigenvalue weighted by Gasteiger charge is 2.14. The predicted octanol–water partition coefficient (Wildman–Crippen LogP) is 1.33.